The molecule has 5 nitrogen and oxygen atoms in total. The van der Waals surface area contributed by atoms with Gasteiger partial charge in [-0.05, 0) is 38.1 Å². The summed E-state index contributed by atoms with van der Waals surface area (Å²) in [5.41, 5.74) is 4.68. The number of anilines is 1. The maximum atomic E-state index is 11.7. The summed E-state index contributed by atoms with van der Waals surface area (Å²) >= 11 is 0. The highest BCUT2D eigenvalue weighted by Crippen LogP contribution is 2.43. The summed E-state index contributed by atoms with van der Waals surface area (Å²) in [6.07, 6.45) is 0.771. The number of hydrogen-bond acceptors (Lipinski definition) is 3. The molecule has 0 fully saturated rings. The van der Waals surface area contributed by atoms with Gasteiger partial charge in [0.1, 0.15) is 0 Å². The number of para-hydroxylation sites is 2. The van der Waals surface area contributed by atoms with E-state index in [1.807, 2.05) is 60.7 Å². The molecule has 0 spiro atoms. The fourth-order valence-corrected chi connectivity index (χ4v) is 4.64. The molecule has 2 N–H and O–H groups in total. The van der Waals surface area contributed by atoms with Gasteiger partial charge in [-0.15, -0.1) is 0 Å². The van der Waals surface area contributed by atoms with Crippen LogP contribution in [0.3, 0.4) is 0 Å². The minimum atomic E-state index is -4.27. The minimum Gasteiger partial charge on any atom is -0.384 e. The Morgan fingerprint density at radius 3 is 2.20 bits per heavy atom. The van der Waals surface area contributed by atoms with E-state index in [0.717, 1.165) is 35.6 Å². The molecule has 0 saturated heterocycles. The van der Waals surface area contributed by atoms with Crippen molar-refractivity contribution in [2.24, 2.45) is 0 Å². The highest BCUT2D eigenvalue weighted by molar-refractivity contribution is 7.85. The zero-order chi connectivity index (χ0) is 21.4. The molecule has 3 aromatic rings. The van der Waals surface area contributed by atoms with E-state index in [1.165, 1.54) is 11.8 Å². The van der Waals surface area contributed by atoms with Crippen LogP contribution in [0.15, 0.2) is 83.8 Å². The molecule has 0 amide bonds. The van der Waals surface area contributed by atoms with Crippen LogP contribution < -0.4 is 9.89 Å². The van der Waals surface area contributed by atoms with Gasteiger partial charge in [-0.1, -0.05) is 36.4 Å². The molecule has 1 aliphatic heterocycles. The van der Waals surface area contributed by atoms with E-state index in [1.54, 1.807) is 12.1 Å². The molecule has 6 heteroatoms. The second-order valence-corrected chi connectivity index (χ2v) is 9.36. The molecule has 0 aliphatic carbocycles. The normalized spacial score (nSPS) is 15.2. The average Bonchev–Trinajstić information content (AvgIpc) is 2.95. The maximum absolute atomic E-state index is 11.7. The first kappa shape index (κ1) is 20.3. The predicted molar refractivity (Wildman–Crippen MR) is 122 cm³/mol. The first-order valence-corrected chi connectivity index (χ1v) is 11.3. The largest absolute Gasteiger partial charge is 0.384 e. The number of benzene rings is 3. The third-order valence-electron chi connectivity index (χ3n) is 5.65. The van der Waals surface area contributed by atoms with Crippen LogP contribution in [-0.2, 0) is 15.5 Å². The fraction of sp³-hybridized carbons (Fsp3) is 0.208. The molecule has 3 aromatic carbocycles. The van der Waals surface area contributed by atoms with Crippen molar-refractivity contribution in [1.29, 1.82) is 0 Å². The zero-order valence-corrected chi connectivity index (χ0v) is 17.9. The van der Waals surface area contributed by atoms with Crippen LogP contribution in [0.25, 0.3) is 0 Å². The number of rotatable bonds is 6. The Kier molecular flexibility index (Phi) is 5.22. The van der Waals surface area contributed by atoms with Gasteiger partial charge in [-0.25, -0.2) is 0 Å². The summed E-state index contributed by atoms with van der Waals surface area (Å²) < 4.78 is 35.2. The molecular weight excluding hydrogens is 396 g/mol. The van der Waals surface area contributed by atoms with Crippen LogP contribution in [0.1, 0.15) is 25.8 Å². The van der Waals surface area contributed by atoms with Crippen LogP contribution in [0.5, 0.6) is 0 Å². The quantitative estimate of drug-likeness (QED) is 0.434. The fourth-order valence-electron chi connectivity index (χ4n) is 4.13. The van der Waals surface area contributed by atoms with Gasteiger partial charge in [0.05, 0.1) is 10.3 Å². The van der Waals surface area contributed by atoms with E-state index in [-0.39, 0.29) is 4.90 Å². The van der Waals surface area contributed by atoms with Crippen LogP contribution in [0, 0.1) is 0 Å². The third kappa shape index (κ3) is 3.76. The molecule has 154 valence electrons. The second kappa shape index (κ2) is 7.70. The molecule has 0 unspecified atom stereocenters. The van der Waals surface area contributed by atoms with Gasteiger partial charge in [0, 0.05) is 42.4 Å². The summed E-state index contributed by atoms with van der Waals surface area (Å²) in [6.45, 7) is 4.94. The van der Waals surface area contributed by atoms with Crippen molar-refractivity contribution in [2.75, 3.05) is 11.9 Å². The Hall–Kier alpha value is -2.96. The minimum absolute atomic E-state index is 0.0778. The van der Waals surface area contributed by atoms with E-state index in [4.69, 9.17) is 0 Å². The highest BCUT2D eigenvalue weighted by atomic mass is 32.2. The van der Waals surface area contributed by atoms with E-state index in [0.29, 0.717) is 0 Å². The SMILES string of the molecule is CC1(C)C(CCNc2ccccc2)=[N+](c2ccccc2)c2ccc(S(=O)(=O)O)cc21. The molecule has 1 heterocycles. The standard InChI is InChI=1S/C24H24N2O3S/c1-24(2)21-17-20(30(27,28)29)13-14-22(21)26(19-11-7-4-8-12-19)23(24)15-16-25-18-9-5-3-6-10-18/h3-14,17,25H,15-16H2,1-2H3/p+1. The Morgan fingerprint density at radius 1 is 0.933 bits per heavy atom. The van der Waals surface area contributed by atoms with E-state index < -0.39 is 15.5 Å². The van der Waals surface area contributed by atoms with E-state index in [9.17, 15) is 13.0 Å². The first-order chi connectivity index (χ1) is 14.3. The topological polar surface area (TPSA) is 69.4 Å². The van der Waals surface area contributed by atoms with Crippen LogP contribution >= 0.6 is 0 Å². The van der Waals surface area contributed by atoms with Gasteiger partial charge in [-0.3, -0.25) is 4.55 Å². The highest BCUT2D eigenvalue weighted by Gasteiger charge is 2.46. The van der Waals surface area contributed by atoms with E-state index in [2.05, 4.69) is 23.7 Å². The van der Waals surface area contributed by atoms with Gasteiger partial charge in [-0.2, -0.15) is 13.0 Å². The maximum Gasteiger partial charge on any atom is 0.294 e. The molecule has 4 rings (SSSR count). The van der Waals surface area contributed by atoms with Crippen LogP contribution in [-0.4, -0.2) is 25.2 Å². The van der Waals surface area contributed by atoms with Crippen LogP contribution in [0.4, 0.5) is 17.1 Å². The van der Waals surface area contributed by atoms with Gasteiger partial charge >= 0.3 is 0 Å². The molecule has 0 bridgehead atoms. The monoisotopic (exact) mass is 421 g/mol. The smallest absolute Gasteiger partial charge is 0.294 e. The van der Waals surface area contributed by atoms with Crippen molar-refractivity contribution in [3.63, 3.8) is 0 Å². The van der Waals surface area contributed by atoms with Gasteiger partial charge < -0.3 is 5.32 Å². The summed E-state index contributed by atoms with van der Waals surface area (Å²) in [5, 5.41) is 3.46. The Bertz CT molecular complexity index is 1200. The van der Waals surface area contributed by atoms with Crippen molar-refractivity contribution in [1.82, 2.24) is 4.58 Å². The predicted octanol–water partition coefficient (Wildman–Crippen LogP) is 5.00. The lowest BCUT2D eigenvalue weighted by Gasteiger charge is -2.18. The lowest BCUT2D eigenvalue weighted by Crippen LogP contribution is -2.31. The van der Waals surface area contributed by atoms with Gasteiger partial charge in [0.2, 0.25) is 11.4 Å². The van der Waals surface area contributed by atoms with Crippen molar-refractivity contribution in [2.45, 2.75) is 30.6 Å². The number of nitrogens with zero attached hydrogens (tertiary/aromatic N) is 1. The molecule has 1 aliphatic rings. The molecule has 0 aromatic heterocycles. The second-order valence-electron chi connectivity index (χ2n) is 7.94. The average molecular weight is 422 g/mol. The number of hydrogen-bond donors (Lipinski definition) is 2. The molecule has 0 saturated carbocycles. The van der Waals surface area contributed by atoms with Crippen molar-refractivity contribution in [3.8, 4) is 0 Å². The Labute approximate surface area is 177 Å². The zero-order valence-electron chi connectivity index (χ0n) is 17.0. The molecule has 0 atom stereocenters. The lowest BCUT2D eigenvalue weighted by atomic mass is 9.80. The molecule has 30 heavy (non-hydrogen) atoms. The molecule has 0 radical (unpaired) electrons. The van der Waals surface area contributed by atoms with Gasteiger partial charge in [0.15, 0.2) is 5.71 Å². The Morgan fingerprint density at radius 2 is 1.57 bits per heavy atom. The van der Waals surface area contributed by atoms with Crippen molar-refractivity contribution in [3.05, 3.63) is 84.4 Å². The third-order valence-corrected chi connectivity index (χ3v) is 6.50. The van der Waals surface area contributed by atoms with Crippen molar-refractivity contribution < 1.29 is 13.0 Å². The first-order valence-electron chi connectivity index (χ1n) is 9.91. The van der Waals surface area contributed by atoms with E-state index >= 15 is 0 Å². The van der Waals surface area contributed by atoms with Gasteiger partial charge in [0.25, 0.3) is 10.1 Å². The summed E-state index contributed by atoms with van der Waals surface area (Å²) in [7, 11) is -4.27. The van der Waals surface area contributed by atoms with Crippen molar-refractivity contribution >= 4 is 32.9 Å². The molecular formula is C24H25N2O3S+. The summed E-state index contributed by atoms with van der Waals surface area (Å²) in [4.78, 5) is -0.0778. The van der Waals surface area contributed by atoms with Crippen LogP contribution in [0.2, 0.25) is 0 Å². The summed E-state index contributed by atoms with van der Waals surface area (Å²) in [6, 6.07) is 25.0. The Balaban J connectivity index is 1.77. The summed E-state index contributed by atoms with van der Waals surface area (Å²) in [5.74, 6) is 0. The lowest BCUT2D eigenvalue weighted by molar-refractivity contribution is 0.483. The number of nitrogens with one attached hydrogen (secondary N) is 1. The number of fused-ring (bicyclic) bond motifs is 1.